The lowest BCUT2D eigenvalue weighted by atomic mass is 10.2. The molecule has 1 aromatic carbocycles. The Balaban J connectivity index is 1.87. The smallest absolute Gasteiger partial charge is 0.136 e. The summed E-state index contributed by atoms with van der Waals surface area (Å²) in [6.07, 6.45) is 2.33. The number of nitrogens with zero attached hydrogens (tertiary/aromatic N) is 2. The Hall–Kier alpha value is -1.62. The van der Waals surface area contributed by atoms with E-state index in [2.05, 4.69) is 44.2 Å². The summed E-state index contributed by atoms with van der Waals surface area (Å²) in [5.74, 6) is 2.64. The molecular weight excluding hydrogens is 304 g/mol. The van der Waals surface area contributed by atoms with Crippen molar-refractivity contribution < 1.29 is 0 Å². The predicted molar refractivity (Wildman–Crippen MR) is 80.6 cm³/mol. The third-order valence-corrected chi connectivity index (χ3v) is 4.03. The zero-order chi connectivity index (χ0) is 13.4. The molecular formula is C14H15BrN4. The summed E-state index contributed by atoms with van der Waals surface area (Å²) >= 11 is 3.49. The molecule has 1 aliphatic carbocycles. The van der Waals surface area contributed by atoms with Gasteiger partial charge >= 0.3 is 0 Å². The predicted octanol–water partition coefficient (Wildman–Crippen LogP) is 3.75. The van der Waals surface area contributed by atoms with E-state index >= 15 is 0 Å². The van der Waals surface area contributed by atoms with Gasteiger partial charge in [0.2, 0.25) is 0 Å². The van der Waals surface area contributed by atoms with Crippen LogP contribution in [0, 0.1) is 6.92 Å². The Labute approximate surface area is 120 Å². The molecule has 0 amide bonds. The minimum atomic E-state index is 0.496. The first-order chi connectivity index (χ1) is 9.11. The van der Waals surface area contributed by atoms with Gasteiger partial charge in [-0.15, -0.1) is 0 Å². The van der Waals surface area contributed by atoms with Gasteiger partial charge in [0, 0.05) is 22.1 Å². The molecule has 1 saturated carbocycles. The zero-order valence-corrected chi connectivity index (χ0v) is 12.2. The number of aryl methyl sites for hydroxylation is 1. The summed E-state index contributed by atoms with van der Waals surface area (Å²) in [5.41, 5.74) is 8.01. The number of benzene rings is 1. The van der Waals surface area contributed by atoms with Crippen LogP contribution in [0.2, 0.25) is 0 Å². The fraction of sp³-hybridized carbons (Fsp3) is 0.286. The lowest BCUT2D eigenvalue weighted by Crippen LogP contribution is -2.02. The van der Waals surface area contributed by atoms with Crippen LogP contribution in [0.5, 0.6) is 0 Å². The molecule has 19 heavy (non-hydrogen) atoms. The molecule has 1 aromatic heterocycles. The molecule has 0 saturated heterocycles. The van der Waals surface area contributed by atoms with E-state index in [0.29, 0.717) is 11.7 Å². The van der Waals surface area contributed by atoms with E-state index < -0.39 is 0 Å². The number of halogens is 1. The third kappa shape index (κ3) is 2.87. The van der Waals surface area contributed by atoms with Crippen LogP contribution >= 0.6 is 15.9 Å². The van der Waals surface area contributed by atoms with Crippen molar-refractivity contribution in [1.29, 1.82) is 0 Å². The van der Waals surface area contributed by atoms with Crippen molar-refractivity contribution in [2.24, 2.45) is 0 Å². The van der Waals surface area contributed by atoms with Gasteiger partial charge in [-0.1, -0.05) is 15.9 Å². The largest absolute Gasteiger partial charge is 0.384 e. The van der Waals surface area contributed by atoms with E-state index in [1.807, 2.05) is 12.1 Å². The quantitative estimate of drug-likeness (QED) is 0.904. The first-order valence-electron chi connectivity index (χ1n) is 6.29. The molecule has 3 rings (SSSR count). The molecule has 0 atom stereocenters. The van der Waals surface area contributed by atoms with Gasteiger partial charge in [-0.3, -0.25) is 0 Å². The SMILES string of the molecule is Cc1cc(Nc2cc(N)nc(C3CC3)n2)ccc1Br. The number of aromatic nitrogens is 2. The Morgan fingerprint density at radius 3 is 2.74 bits per heavy atom. The molecule has 1 fully saturated rings. The monoisotopic (exact) mass is 318 g/mol. The number of nitrogens with two attached hydrogens (primary N) is 1. The molecule has 0 aliphatic heterocycles. The Kier molecular flexibility index (Phi) is 3.14. The van der Waals surface area contributed by atoms with Crippen LogP contribution in [-0.2, 0) is 0 Å². The van der Waals surface area contributed by atoms with Crippen molar-refractivity contribution in [3.63, 3.8) is 0 Å². The van der Waals surface area contributed by atoms with Crippen molar-refractivity contribution in [3.8, 4) is 0 Å². The molecule has 0 spiro atoms. The minimum Gasteiger partial charge on any atom is -0.384 e. The van der Waals surface area contributed by atoms with Crippen molar-refractivity contribution in [1.82, 2.24) is 9.97 Å². The Bertz CT molecular complexity index is 623. The number of hydrogen-bond acceptors (Lipinski definition) is 4. The Morgan fingerprint density at radius 1 is 1.26 bits per heavy atom. The number of hydrogen-bond donors (Lipinski definition) is 2. The van der Waals surface area contributed by atoms with Gasteiger partial charge in [-0.05, 0) is 43.5 Å². The van der Waals surface area contributed by atoms with Gasteiger partial charge in [-0.2, -0.15) is 0 Å². The second kappa shape index (κ2) is 4.81. The maximum absolute atomic E-state index is 5.83. The van der Waals surface area contributed by atoms with Crippen LogP contribution in [-0.4, -0.2) is 9.97 Å². The zero-order valence-electron chi connectivity index (χ0n) is 10.7. The lowest BCUT2D eigenvalue weighted by molar-refractivity contribution is 0.936. The van der Waals surface area contributed by atoms with Crippen LogP contribution in [0.25, 0.3) is 0 Å². The van der Waals surface area contributed by atoms with Crippen molar-refractivity contribution in [3.05, 3.63) is 40.1 Å². The average molecular weight is 319 g/mol. The van der Waals surface area contributed by atoms with Crippen molar-refractivity contribution in [2.75, 3.05) is 11.1 Å². The highest BCUT2D eigenvalue weighted by atomic mass is 79.9. The van der Waals surface area contributed by atoms with E-state index in [4.69, 9.17) is 5.73 Å². The number of nitrogen functional groups attached to an aromatic ring is 1. The van der Waals surface area contributed by atoms with Gasteiger partial charge in [0.1, 0.15) is 17.5 Å². The molecule has 4 nitrogen and oxygen atoms in total. The number of rotatable bonds is 3. The van der Waals surface area contributed by atoms with E-state index in [9.17, 15) is 0 Å². The van der Waals surface area contributed by atoms with Gasteiger partial charge in [0.25, 0.3) is 0 Å². The van der Waals surface area contributed by atoms with Crippen LogP contribution in [0.15, 0.2) is 28.7 Å². The van der Waals surface area contributed by atoms with Crippen LogP contribution in [0.1, 0.15) is 30.1 Å². The first-order valence-corrected chi connectivity index (χ1v) is 7.09. The number of nitrogens with one attached hydrogen (secondary N) is 1. The van der Waals surface area contributed by atoms with Crippen LogP contribution < -0.4 is 11.1 Å². The fourth-order valence-electron chi connectivity index (χ4n) is 1.94. The molecule has 1 heterocycles. The molecule has 0 bridgehead atoms. The summed E-state index contributed by atoms with van der Waals surface area (Å²) in [7, 11) is 0. The molecule has 5 heteroatoms. The molecule has 2 aromatic rings. The van der Waals surface area contributed by atoms with Crippen molar-refractivity contribution >= 4 is 33.3 Å². The second-order valence-corrected chi connectivity index (χ2v) is 5.75. The maximum Gasteiger partial charge on any atom is 0.136 e. The molecule has 0 unspecified atom stereocenters. The van der Waals surface area contributed by atoms with Gasteiger partial charge in [0.05, 0.1) is 0 Å². The molecule has 3 N–H and O–H groups in total. The maximum atomic E-state index is 5.83. The lowest BCUT2D eigenvalue weighted by Gasteiger charge is -2.09. The van der Waals surface area contributed by atoms with E-state index in [1.54, 1.807) is 6.07 Å². The highest BCUT2D eigenvalue weighted by molar-refractivity contribution is 9.10. The Morgan fingerprint density at radius 2 is 2.05 bits per heavy atom. The summed E-state index contributed by atoms with van der Waals surface area (Å²) in [5, 5.41) is 3.28. The first kappa shape index (κ1) is 12.4. The summed E-state index contributed by atoms with van der Waals surface area (Å²) in [6, 6.07) is 7.86. The average Bonchev–Trinajstić information content (AvgIpc) is 3.17. The van der Waals surface area contributed by atoms with Crippen LogP contribution in [0.3, 0.4) is 0 Å². The van der Waals surface area contributed by atoms with E-state index in [-0.39, 0.29) is 0 Å². The standard InChI is InChI=1S/C14H15BrN4/c1-8-6-10(4-5-11(8)15)17-13-7-12(16)18-14(19-13)9-2-3-9/h4-7,9H,2-3H2,1H3,(H3,16,17,18,19). The highest BCUT2D eigenvalue weighted by Crippen LogP contribution is 2.38. The fourth-order valence-corrected chi connectivity index (χ4v) is 2.19. The van der Waals surface area contributed by atoms with E-state index in [1.165, 1.54) is 18.4 Å². The normalized spacial score (nSPS) is 14.4. The molecule has 1 aliphatic rings. The third-order valence-electron chi connectivity index (χ3n) is 3.14. The highest BCUT2D eigenvalue weighted by Gasteiger charge is 2.27. The summed E-state index contributed by atoms with van der Waals surface area (Å²) in [6.45, 7) is 2.05. The van der Waals surface area contributed by atoms with Gasteiger partial charge < -0.3 is 11.1 Å². The van der Waals surface area contributed by atoms with Gasteiger partial charge in [0.15, 0.2) is 0 Å². The van der Waals surface area contributed by atoms with Crippen LogP contribution in [0.4, 0.5) is 17.3 Å². The summed E-state index contributed by atoms with van der Waals surface area (Å²) < 4.78 is 1.10. The van der Waals surface area contributed by atoms with E-state index in [0.717, 1.165) is 21.8 Å². The number of anilines is 3. The molecule has 0 radical (unpaired) electrons. The van der Waals surface area contributed by atoms with Crippen molar-refractivity contribution in [2.45, 2.75) is 25.7 Å². The summed E-state index contributed by atoms with van der Waals surface area (Å²) in [4.78, 5) is 8.82. The minimum absolute atomic E-state index is 0.496. The second-order valence-electron chi connectivity index (χ2n) is 4.90. The van der Waals surface area contributed by atoms with Gasteiger partial charge in [-0.25, -0.2) is 9.97 Å². The topological polar surface area (TPSA) is 63.8 Å². The molecule has 98 valence electrons.